The molecule has 4 aromatic rings. The maximum absolute atomic E-state index is 12.4. The molecule has 9 heteroatoms. The topological polar surface area (TPSA) is 122 Å². The number of methoxy groups -OCH3 is 1. The molecule has 1 saturated carbocycles. The van der Waals surface area contributed by atoms with Gasteiger partial charge in [0.15, 0.2) is 11.5 Å². The fourth-order valence-corrected chi connectivity index (χ4v) is 4.94. The van der Waals surface area contributed by atoms with E-state index in [0.717, 1.165) is 24.6 Å². The second-order valence-corrected chi connectivity index (χ2v) is 10.5. The summed E-state index contributed by atoms with van der Waals surface area (Å²) in [5.41, 5.74) is 7.95. The highest BCUT2D eigenvalue weighted by Gasteiger charge is 2.27. The van der Waals surface area contributed by atoms with E-state index in [9.17, 15) is 9.59 Å². The number of aromatic nitrogens is 1. The van der Waals surface area contributed by atoms with Crippen molar-refractivity contribution < 1.29 is 28.5 Å². The minimum atomic E-state index is -0.761. The summed E-state index contributed by atoms with van der Waals surface area (Å²) in [7, 11) is 1.55. The maximum atomic E-state index is 12.4. The van der Waals surface area contributed by atoms with E-state index < -0.39 is 12.0 Å². The van der Waals surface area contributed by atoms with Crippen molar-refractivity contribution in [2.75, 3.05) is 19.0 Å². The van der Waals surface area contributed by atoms with Crippen LogP contribution in [0.5, 0.6) is 23.0 Å². The van der Waals surface area contributed by atoms with Crippen molar-refractivity contribution in [1.29, 1.82) is 0 Å². The van der Waals surface area contributed by atoms with Gasteiger partial charge in [-0.1, -0.05) is 25.1 Å². The standard InChI is InChI=1S/C33H35N3O6/c1-21-8-11-25(18-21)42-33(38)27(34)15-17-40-31-20-28-26(19-30(31)39-2)29(14-16-35-28)41-24-12-9-23(10-13-24)36-32(37)22-6-4-3-5-7-22/h3-7,9-10,12-14,16,19-21,25,27H,8,11,15,17-18,34H2,1-2H3,(H,36,37)/t21?,25?,27-/m0/s1. The van der Waals surface area contributed by atoms with Crippen LogP contribution < -0.4 is 25.3 Å². The summed E-state index contributed by atoms with van der Waals surface area (Å²) in [6, 6.07) is 20.7. The number of carbonyl (C=O) groups excluding carboxylic acids is 2. The molecule has 1 fully saturated rings. The molecule has 3 atom stereocenters. The molecule has 3 N–H and O–H groups in total. The molecule has 1 heterocycles. The number of hydrogen-bond donors (Lipinski definition) is 2. The second-order valence-electron chi connectivity index (χ2n) is 10.5. The number of anilines is 1. The average Bonchev–Trinajstić information content (AvgIpc) is 3.42. The van der Waals surface area contributed by atoms with Crippen molar-refractivity contribution >= 4 is 28.5 Å². The van der Waals surface area contributed by atoms with E-state index in [1.165, 1.54) is 0 Å². The third-order valence-corrected chi connectivity index (χ3v) is 7.28. The summed E-state index contributed by atoms with van der Waals surface area (Å²) >= 11 is 0. The molecule has 42 heavy (non-hydrogen) atoms. The van der Waals surface area contributed by atoms with E-state index in [4.69, 9.17) is 24.7 Å². The van der Waals surface area contributed by atoms with Crippen LogP contribution in [-0.2, 0) is 9.53 Å². The van der Waals surface area contributed by atoms with Gasteiger partial charge >= 0.3 is 5.97 Å². The van der Waals surface area contributed by atoms with Gasteiger partial charge in [0.05, 0.1) is 19.2 Å². The first-order chi connectivity index (χ1) is 20.4. The molecular weight excluding hydrogens is 534 g/mol. The number of fused-ring (bicyclic) bond motifs is 1. The molecule has 218 valence electrons. The summed E-state index contributed by atoms with van der Waals surface area (Å²) in [6.45, 7) is 2.37. The number of rotatable bonds is 11. The highest BCUT2D eigenvalue weighted by atomic mass is 16.5. The van der Waals surface area contributed by atoms with Crippen LogP contribution in [0.15, 0.2) is 79.0 Å². The third-order valence-electron chi connectivity index (χ3n) is 7.28. The Kier molecular flexibility index (Phi) is 9.18. The van der Waals surface area contributed by atoms with E-state index in [2.05, 4.69) is 17.2 Å². The number of nitrogens with two attached hydrogens (primary N) is 1. The molecule has 3 aromatic carbocycles. The molecule has 0 saturated heterocycles. The van der Waals surface area contributed by atoms with Gasteiger partial charge in [0.1, 0.15) is 23.6 Å². The lowest BCUT2D eigenvalue weighted by Crippen LogP contribution is -2.35. The summed E-state index contributed by atoms with van der Waals surface area (Å²) in [6.07, 6.45) is 4.77. The molecule has 1 aliphatic rings. The third kappa shape index (κ3) is 7.16. The molecule has 9 nitrogen and oxygen atoms in total. The zero-order chi connectivity index (χ0) is 29.5. The lowest BCUT2D eigenvalue weighted by atomic mass is 10.1. The zero-order valence-corrected chi connectivity index (χ0v) is 23.7. The summed E-state index contributed by atoms with van der Waals surface area (Å²) in [4.78, 5) is 29.3. The van der Waals surface area contributed by atoms with Crippen LogP contribution in [0.1, 0.15) is 43.0 Å². The van der Waals surface area contributed by atoms with Gasteiger partial charge in [-0.25, -0.2) is 0 Å². The second kappa shape index (κ2) is 13.4. The first-order valence-corrected chi connectivity index (χ1v) is 14.1. The number of ether oxygens (including phenoxy) is 4. The van der Waals surface area contributed by atoms with Crippen molar-refractivity contribution in [2.24, 2.45) is 11.7 Å². The van der Waals surface area contributed by atoms with Crippen LogP contribution in [0.4, 0.5) is 5.69 Å². The van der Waals surface area contributed by atoms with Crippen LogP contribution in [0.25, 0.3) is 10.9 Å². The van der Waals surface area contributed by atoms with E-state index in [0.29, 0.717) is 52.1 Å². The molecule has 2 unspecified atom stereocenters. The van der Waals surface area contributed by atoms with Crippen molar-refractivity contribution in [3.05, 3.63) is 84.6 Å². The van der Waals surface area contributed by atoms with Gasteiger partial charge in [-0.05, 0) is 73.7 Å². The van der Waals surface area contributed by atoms with E-state index in [-0.39, 0.29) is 18.6 Å². The van der Waals surface area contributed by atoms with Crippen LogP contribution >= 0.6 is 0 Å². The molecule has 0 aliphatic heterocycles. The molecule has 0 radical (unpaired) electrons. The van der Waals surface area contributed by atoms with Crippen molar-refractivity contribution in [3.63, 3.8) is 0 Å². The van der Waals surface area contributed by atoms with Crippen LogP contribution in [0, 0.1) is 5.92 Å². The van der Waals surface area contributed by atoms with Crippen molar-refractivity contribution in [1.82, 2.24) is 4.98 Å². The number of esters is 1. The van der Waals surface area contributed by atoms with Crippen molar-refractivity contribution in [2.45, 2.75) is 44.8 Å². The van der Waals surface area contributed by atoms with Crippen LogP contribution in [0.3, 0.4) is 0 Å². The Balaban J connectivity index is 1.21. The summed E-state index contributed by atoms with van der Waals surface area (Å²) < 4.78 is 23.3. The minimum absolute atomic E-state index is 0.0408. The molecular formula is C33H35N3O6. The molecule has 0 spiro atoms. The first kappa shape index (κ1) is 28.9. The first-order valence-electron chi connectivity index (χ1n) is 14.1. The van der Waals surface area contributed by atoms with Crippen LogP contribution in [0.2, 0.25) is 0 Å². The molecule has 1 amide bonds. The van der Waals surface area contributed by atoms with Crippen LogP contribution in [-0.4, -0.2) is 42.7 Å². The number of hydrogen-bond acceptors (Lipinski definition) is 8. The summed E-state index contributed by atoms with van der Waals surface area (Å²) in [5.74, 6) is 2.15. The Morgan fingerprint density at radius 3 is 2.50 bits per heavy atom. The Morgan fingerprint density at radius 2 is 1.79 bits per heavy atom. The number of pyridine rings is 1. The van der Waals surface area contributed by atoms with Gasteiger partial charge in [0.25, 0.3) is 5.91 Å². The van der Waals surface area contributed by atoms with Gasteiger partial charge in [-0.3, -0.25) is 14.6 Å². The number of benzene rings is 3. The van der Waals surface area contributed by atoms with E-state index >= 15 is 0 Å². The summed E-state index contributed by atoms with van der Waals surface area (Å²) in [5, 5.41) is 3.61. The average molecular weight is 570 g/mol. The molecule has 5 rings (SSSR count). The normalized spacial score (nSPS) is 16.9. The Labute approximate surface area is 244 Å². The van der Waals surface area contributed by atoms with Gasteiger partial charge < -0.3 is 30.0 Å². The number of nitrogens with zero attached hydrogens (tertiary/aromatic N) is 1. The van der Waals surface area contributed by atoms with Gasteiger partial charge in [0, 0.05) is 35.3 Å². The lowest BCUT2D eigenvalue weighted by Gasteiger charge is -2.17. The Bertz CT molecular complexity index is 1530. The van der Waals surface area contributed by atoms with E-state index in [1.807, 2.05) is 18.2 Å². The number of nitrogens with one attached hydrogen (secondary N) is 1. The largest absolute Gasteiger partial charge is 0.493 e. The molecule has 0 bridgehead atoms. The minimum Gasteiger partial charge on any atom is -0.493 e. The van der Waals surface area contributed by atoms with Crippen molar-refractivity contribution in [3.8, 4) is 23.0 Å². The van der Waals surface area contributed by atoms with Gasteiger partial charge in [0.2, 0.25) is 0 Å². The molecule has 1 aromatic heterocycles. The maximum Gasteiger partial charge on any atom is 0.323 e. The van der Waals surface area contributed by atoms with Gasteiger partial charge in [-0.15, -0.1) is 0 Å². The smallest absolute Gasteiger partial charge is 0.323 e. The fraction of sp³-hybridized carbons (Fsp3) is 0.303. The van der Waals surface area contributed by atoms with E-state index in [1.54, 1.807) is 67.9 Å². The van der Waals surface area contributed by atoms with Gasteiger partial charge in [-0.2, -0.15) is 0 Å². The Hall–Kier alpha value is -4.63. The predicted octanol–water partition coefficient (Wildman–Crippen LogP) is 6.12. The number of carbonyl (C=O) groups is 2. The zero-order valence-electron chi connectivity index (χ0n) is 23.7. The Morgan fingerprint density at radius 1 is 1.00 bits per heavy atom. The quantitative estimate of drug-likeness (QED) is 0.207. The SMILES string of the molecule is COc1cc2c(Oc3ccc(NC(=O)c4ccccc4)cc3)ccnc2cc1OCC[C@H](N)C(=O)OC1CCC(C)C1. The molecule has 1 aliphatic carbocycles. The predicted molar refractivity (Wildman–Crippen MR) is 160 cm³/mol. The number of amides is 1. The fourth-order valence-electron chi connectivity index (χ4n) is 4.94. The highest BCUT2D eigenvalue weighted by Crippen LogP contribution is 2.37. The lowest BCUT2D eigenvalue weighted by molar-refractivity contribution is -0.150. The highest BCUT2D eigenvalue weighted by molar-refractivity contribution is 6.04. The monoisotopic (exact) mass is 569 g/mol.